The Bertz CT molecular complexity index is 1200. The van der Waals surface area contributed by atoms with Crippen molar-refractivity contribution < 1.29 is 14.6 Å². The first-order valence-corrected chi connectivity index (χ1v) is 10.1. The van der Waals surface area contributed by atoms with Crippen LogP contribution < -0.4 is 5.56 Å². The first-order valence-electron chi connectivity index (χ1n) is 10.1. The number of rotatable bonds is 7. The van der Waals surface area contributed by atoms with Gasteiger partial charge < -0.3 is 9.84 Å². The van der Waals surface area contributed by atoms with Gasteiger partial charge in [-0.3, -0.25) is 9.36 Å². The highest BCUT2D eigenvalue weighted by Crippen LogP contribution is 2.31. The summed E-state index contributed by atoms with van der Waals surface area (Å²) >= 11 is 0. The number of aryl methyl sites for hydroxylation is 1. The van der Waals surface area contributed by atoms with Crippen LogP contribution in [0.1, 0.15) is 17.5 Å². The minimum Gasteiger partial charge on any atom is -0.463 e. The summed E-state index contributed by atoms with van der Waals surface area (Å²) in [7, 11) is 0. The average molecular weight is 414 g/mol. The summed E-state index contributed by atoms with van der Waals surface area (Å²) in [6.45, 7) is 0.402. The molecule has 6 nitrogen and oxygen atoms in total. The fourth-order valence-corrected chi connectivity index (χ4v) is 3.53. The van der Waals surface area contributed by atoms with Crippen LogP contribution in [0.3, 0.4) is 0 Å². The fraction of sp³-hybridized carbons (Fsp3) is 0.160. The van der Waals surface area contributed by atoms with E-state index in [9.17, 15) is 14.7 Å². The fourth-order valence-electron chi connectivity index (χ4n) is 3.53. The number of aromatic nitrogens is 2. The maximum atomic E-state index is 13.0. The molecule has 1 aromatic heterocycles. The van der Waals surface area contributed by atoms with Crippen LogP contribution in [0.5, 0.6) is 0 Å². The third kappa shape index (κ3) is 4.11. The van der Waals surface area contributed by atoms with E-state index in [4.69, 9.17) is 4.74 Å². The largest absolute Gasteiger partial charge is 0.463 e. The van der Waals surface area contributed by atoms with E-state index in [-0.39, 0.29) is 12.2 Å². The number of carbonyl (C=O) groups is 1. The highest BCUT2D eigenvalue weighted by atomic mass is 16.5. The van der Waals surface area contributed by atoms with Crippen LogP contribution in [0.4, 0.5) is 0 Å². The zero-order valence-corrected chi connectivity index (χ0v) is 16.8. The summed E-state index contributed by atoms with van der Waals surface area (Å²) in [5.41, 5.74) is -0.542. The molecule has 4 aromatic rings. The number of aliphatic hydroxyl groups is 1. The van der Waals surface area contributed by atoms with Crippen LogP contribution in [0.25, 0.3) is 10.9 Å². The van der Waals surface area contributed by atoms with E-state index in [1.807, 2.05) is 18.2 Å². The predicted octanol–water partition coefficient (Wildman–Crippen LogP) is 3.27. The molecule has 1 N–H and O–H groups in total. The third-order valence-electron chi connectivity index (χ3n) is 5.19. The summed E-state index contributed by atoms with van der Waals surface area (Å²) < 4.78 is 6.94. The molecule has 0 saturated heterocycles. The standard InChI is InChI=1S/C25H22N2O4/c28-23-21-14-7-8-15-22(21)26-18-27(23)16-9-17-31-24(29)25(30,19-10-3-1-4-11-19)20-12-5-2-6-13-20/h1-8,10-15,18,30H,9,16-17H2. The van der Waals surface area contributed by atoms with Crippen LogP contribution >= 0.6 is 0 Å². The Hall–Kier alpha value is -3.77. The van der Waals surface area contributed by atoms with Crippen molar-refractivity contribution in [3.05, 3.63) is 113 Å². The van der Waals surface area contributed by atoms with Crippen molar-refractivity contribution in [3.8, 4) is 0 Å². The van der Waals surface area contributed by atoms with Crippen molar-refractivity contribution >= 4 is 16.9 Å². The van der Waals surface area contributed by atoms with E-state index in [0.29, 0.717) is 35.0 Å². The average Bonchev–Trinajstić information content (AvgIpc) is 2.83. The number of carbonyl (C=O) groups excluding carboxylic acids is 1. The molecule has 0 spiro atoms. The molecule has 0 bridgehead atoms. The zero-order valence-electron chi connectivity index (χ0n) is 16.8. The Morgan fingerprint density at radius 3 is 2.13 bits per heavy atom. The molecular formula is C25H22N2O4. The lowest BCUT2D eigenvalue weighted by molar-refractivity contribution is -0.162. The highest BCUT2D eigenvalue weighted by Gasteiger charge is 2.41. The Labute approximate surface area is 179 Å². The van der Waals surface area contributed by atoms with Crippen LogP contribution in [-0.4, -0.2) is 27.2 Å². The molecule has 0 aliphatic heterocycles. The number of hydrogen-bond acceptors (Lipinski definition) is 5. The highest BCUT2D eigenvalue weighted by molar-refractivity contribution is 5.85. The van der Waals surface area contributed by atoms with Gasteiger partial charge in [-0.25, -0.2) is 9.78 Å². The lowest BCUT2D eigenvalue weighted by atomic mass is 9.86. The van der Waals surface area contributed by atoms with E-state index in [1.54, 1.807) is 66.7 Å². The first kappa shape index (κ1) is 20.5. The Morgan fingerprint density at radius 2 is 1.48 bits per heavy atom. The maximum Gasteiger partial charge on any atom is 0.347 e. The van der Waals surface area contributed by atoms with Crippen LogP contribution in [0, 0.1) is 0 Å². The van der Waals surface area contributed by atoms with E-state index in [2.05, 4.69) is 4.98 Å². The smallest absolute Gasteiger partial charge is 0.347 e. The van der Waals surface area contributed by atoms with Crippen molar-refractivity contribution in [1.29, 1.82) is 0 Å². The molecule has 0 fully saturated rings. The second-order valence-corrected chi connectivity index (χ2v) is 7.19. The van der Waals surface area contributed by atoms with Crippen molar-refractivity contribution in [3.63, 3.8) is 0 Å². The van der Waals surface area contributed by atoms with Crippen molar-refractivity contribution in [2.75, 3.05) is 6.61 Å². The molecular weight excluding hydrogens is 392 g/mol. The summed E-state index contributed by atoms with van der Waals surface area (Å²) in [4.78, 5) is 29.8. The first-order chi connectivity index (χ1) is 15.1. The number of nitrogens with zero attached hydrogens (tertiary/aromatic N) is 2. The third-order valence-corrected chi connectivity index (χ3v) is 5.19. The van der Waals surface area contributed by atoms with E-state index < -0.39 is 11.6 Å². The summed E-state index contributed by atoms with van der Waals surface area (Å²) in [6.07, 6.45) is 1.90. The van der Waals surface area contributed by atoms with Gasteiger partial charge in [0.1, 0.15) is 0 Å². The number of hydrogen-bond donors (Lipinski definition) is 1. The minimum absolute atomic E-state index is 0.0556. The lowest BCUT2D eigenvalue weighted by Crippen LogP contribution is -2.38. The Kier molecular flexibility index (Phi) is 5.91. The summed E-state index contributed by atoms with van der Waals surface area (Å²) in [6, 6.07) is 24.6. The van der Waals surface area contributed by atoms with Gasteiger partial charge in [-0.2, -0.15) is 0 Å². The molecule has 6 heteroatoms. The molecule has 0 radical (unpaired) electrons. The molecule has 0 amide bonds. The van der Waals surface area contributed by atoms with Crippen molar-refractivity contribution in [2.45, 2.75) is 18.6 Å². The molecule has 3 aromatic carbocycles. The molecule has 4 rings (SSSR count). The van der Waals surface area contributed by atoms with Crippen LogP contribution in [0.2, 0.25) is 0 Å². The molecule has 0 unspecified atom stereocenters. The number of ether oxygens (including phenoxy) is 1. The van der Waals surface area contributed by atoms with Crippen molar-refractivity contribution in [1.82, 2.24) is 9.55 Å². The summed E-state index contributed by atoms with van der Waals surface area (Å²) in [5.74, 6) is -0.756. The molecule has 0 aliphatic rings. The van der Waals surface area contributed by atoms with Gasteiger partial charge in [0, 0.05) is 6.54 Å². The number of fused-ring (bicyclic) bond motifs is 1. The lowest BCUT2D eigenvalue weighted by Gasteiger charge is -2.27. The van der Waals surface area contributed by atoms with E-state index in [1.165, 1.54) is 10.9 Å². The van der Waals surface area contributed by atoms with Gasteiger partial charge in [0.25, 0.3) is 5.56 Å². The molecule has 31 heavy (non-hydrogen) atoms. The van der Waals surface area contributed by atoms with Gasteiger partial charge in [-0.15, -0.1) is 0 Å². The van der Waals surface area contributed by atoms with Gasteiger partial charge in [-0.1, -0.05) is 72.8 Å². The monoisotopic (exact) mass is 414 g/mol. The predicted molar refractivity (Wildman–Crippen MR) is 117 cm³/mol. The number of esters is 1. The van der Waals surface area contributed by atoms with Gasteiger partial charge >= 0.3 is 5.97 Å². The zero-order chi connectivity index (χ0) is 21.7. The quantitative estimate of drug-likeness (QED) is 0.371. The molecule has 156 valence electrons. The molecule has 0 atom stereocenters. The second kappa shape index (κ2) is 8.93. The van der Waals surface area contributed by atoms with Gasteiger partial charge in [0.05, 0.1) is 23.8 Å². The normalized spacial score (nSPS) is 11.4. The minimum atomic E-state index is -1.91. The van der Waals surface area contributed by atoms with E-state index in [0.717, 1.165) is 0 Å². The summed E-state index contributed by atoms with van der Waals surface area (Å²) in [5, 5.41) is 11.9. The molecule has 0 saturated carbocycles. The van der Waals surface area contributed by atoms with Crippen LogP contribution in [0.15, 0.2) is 96.1 Å². The molecule has 0 aliphatic carbocycles. The number of para-hydroxylation sites is 1. The van der Waals surface area contributed by atoms with Gasteiger partial charge in [0.15, 0.2) is 0 Å². The van der Waals surface area contributed by atoms with Crippen molar-refractivity contribution in [2.24, 2.45) is 0 Å². The second-order valence-electron chi connectivity index (χ2n) is 7.19. The topological polar surface area (TPSA) is 81.4 Å². The Morgan fingerprint density at radius 1 is 0.903 bits per heavy atom. The Balaban J connectivity index is 1.47. The van der Waals surface area contributed by atoms with E-state index >= 15 is 0 Å². The van der Waals surface area contributed by atoms with Gasteiger partial charge in [0.2, 0.25) is 5.60 Å². The SMILES string of the molecule is O=C(OCCCn1cnc2ccccc2c1=O)C(O)(c1ccccc1)c1ccccc1. The number of benzene rings is 3. The van der Waals surface area contributed by atoms with Crippen LogP contribution in [-0.2, 0) is 21.7 Å². The van der Waals surface area contributed by atoms with Gasteiger partial charge in [-0.05, 0) is 29.7 Å². The maximum absolute atomic E-state index is 13.0. The molecule has 1 heterocycles.